The van der Waals surface area contributed by atoms with E-state index < -0.39 is 12.1 Å². The highest BCUT2D eigenvalue weighted by atomic mass is 16.2. The summed E-state index contributed by atoms with van der Waals surface area (Å²) in [5, 5.41) is 2.81. The summed E-state index contributed by atoms with van der Waals surface area (Å²) in [5.74, 6) is 5.53. The largest absolute Gasteiger partial charge is 0.343 e. The number of amides is 2. The second-order valence-electron chi connectivity index (χ2n) is 6.74. The molecule has 1 aromatic heterocycles. The molecule has 0 radical (unpaired) electrons. The van der Waals surface area contributed by atoms with E-state index in [-0.39, 0.29) is 18.4 Å². The number of carbonyl (C=O) groups is 2. The van der Waals surface area contributed by atoms with Gasteiger partial charge < -0.3 is 16.0 Å². The molecular formula is C22H24N4O2. The van der Waals surface area contributed by atoms with Gasteiger partial charge in [-0.2, -0.15) is 0 Å². The highest BCUT2D eigenvalue weighted by Crippen LogP contribution is 2.19. The molecule has 1 saturated heterocycles. The number of rotatable bonds is 5. The summed E-state index contributed by atoms with van der Waals surface area (Å²) in [6.07, 6.45) is 5.24. The van der Waals surface area contributed by atoms with Gasteiger partial charge >= 0.3 is 0 Å². The molecule has 1 fully saturated rings. The van der Waals surface area contributed by atoms with E-state index in [1.807, 2.05) is 30.3 Å². The predicted molar refractivity (Wildman–Crippen MR) is 107 cm³/mol. The second kappa shape index (κ2) is 9.67. The van der Waals surface area contributed by atoms with Crippen LogP contribution in [0.4, 0.5) is 0 Å². The summed E-state index contributed by atoms with van der Waals surface area (Å²) >= 11 is 0. The standard InChI is InChI=1S/C22H24N4O2/c23-19(16-18-6-2-1-3-7-18)22(28)26-15-5-9-20(26)21(27)25-12-4-8-17-10-13-24-14-11-17/h1-3,6-7,10-11,13-14,19-20H,5,9,12,15-16,23H2,(H,25,27)/t19-,20+/m1/s1. The Bertz CT molecular complexity index is 858. The van der Waals surface area contributed by atoms with Gasteiger partial charge in [0, 0.05) is 24.5 Å². The minimum atomic E-state index is -0.651. The molecule has 0 aliphatic carbocycles. The summed E-state index contributed by atoms with van der Waals surface area (Å²) < 4.78 is 0. The lowest BCUT2D eigenvalue weighted by atomic mass is 10.1. The number of likely N-dealkylation sites (tertiary alicyclic amines) is 1. The van der Waals surface area contributed by atoms with E-state index >= 15 is 0 Å². The van der Waals surface area contributed by atoms with Crippen molar-refractivity contribution in [3.63, 3.8) is 0 Å². The molecular weight excluding hydrogens is 352 g/mol. The first kappa shape index (κ1) is 19.6. The van der Waals surface area contributed by atoms with Crippen molar-refractivity contribution in [3.05, 3.63) is 66.0 Å². The van der Waals surface area contributed by atoms with Crippen molar-refractivity contribution in [1.82, 2.24) is 15.2 Å². The molecule has 2 heterocycles. The van der Waals surface area contributed by atoms with E-state index in [4.69, 9.17) is 5.73 Å². The van der Waals surface area contributed by atoms with Crippen LogP contribution in [-0.4, -0.2) is 46.9 Å². The Morgan fingerprint density at radius 2 is 1.96 bits per heavy atom. The molecule has 0 saturated carbocycles. The minimum Gasteiger partial charge on any atom is -0.343 e. The normalized spacial score (nSPS) is 16.8. The van der Waals surface area contributed by atoms with E-state index in [0.29, 0.717) is 19.4 Å². The maximum Gasteiger partial charge on any atom is 0.243 e. The fourth-order valence-corrected chi connectivity index (χ4v) is 3.30. The Labute approximate surface area is 165 Å². The molecule has 3 N–H and O–H groups in total. The molecule has 3 rings (SSSR count). The average Bonchev–Trinajstić information content (AvgIpc) is 3.22. The Hall–Kier alpha value is -3.17. The third-order valence-electron chi connectivity index (χ3n) is 4.72. The van der Waals surface area contributed by atoms with Gasteiger partial charge in [0.15, 0.2) is 0 Å². The minimum absolute atomic E-state index is 0.177. The van der Waals surface area contributed by atoms with Crippen LogP contribution in [0.15, 0.2) is 54.9 Å². The molecule has 28 heavy (non-hydrogen) atoms. The Morgan fingerprint density at radius 3 is 2.71 bits per heavy atom. The molecule has 144 valence electrons. The molecule has 2 amide bonds. The van der Waals surface area contributed by atoms with Crippen molar-refractivity contribution in [1.29, 1.82) is 0 Å². The average molecular weight is 376 g/mol. The lowest BCUT2D eigenvalue weighted by molar-refractivity contribution is -0.139. The Kier molecular flexibility index (Phi) is 6.77. The van der Waals surface area contributed by atoms with E-state index in [1.165, 1.54) is 0 Å². The van der Waals surface area contributed by atoms with Crippen LogP contribution < -0.4 is 11.1 Å². The first-order chi connectivity index (χ1) is 13.6. The lowest BCUT2D eigenvalue weighted by Crippen LogP contribution is -2.51. The summed E-state index contributed by atoms with van der Waals surface area (Å²) in [6, 6.07) is 12.2. The Morgan fingerprint density at radius 1 is 1.21 bits per heavy atom. The van der Waals surface area contributed by atoms with Gasteiger partial charge in [0.05, 0.1) is 12.6 Å². The van der Waals surface area contributed by atoms with Crippen LogP contribution in [0.1, 0.15) is 24.0 Å². The first-order valence-electron chi connectivity index (χ1n) is 9.42. The van der Waals surface area contributed by atoms with Crippen LogP contribution in [0.2, 0.25) is 0 Å². The number of hydrogen-bond donors (Lipinski definition) is 2. The summed E-state index contributed by atoms with van der Waals surface area (Å²) in [6.45, 7) is 0.790. The number of nitrogens with one attached hydrogen (secondary N) is 1. The molecule has 1 aliphatic rings. The SMILES string of the molecule is N[C@H](Cc1ccccc1)C(=O)N1CCC[C@H]1C(=O)NCC#Cc1ccncc1. The fourth-order valence-electron chi connectivity index (χ4n) is 3.30. The number of nitrogens with zero attached hydrogens (tertiary/aromatic N) is 2. The van der Waals surface area contributed by atoms with Crippen LogP contribution in [0.5, 0.6) is 0 Å². The van der Waals surface area contributed by atoms with Gasteiger partial charge in [-0.3, -0.25) is 14.6 Å². The number of aromatic nitrogens is 1. The van der Waals surface area contributed by atoms with Crippen LogP contribution in [0, 0.1) is 11.8 Å². The maximum atomic E-state index is 12.8. The van der Waals surface area contributed by atoms with Crippen LogP contribution in [0.25, 0.3) is 0 Å². The van der Waals surface area contributed by atoms with Gasteiger partial charge in [-0.05, 0) is 37.0 Å². The quantitative estimate of drug-likeness (QED) is 0.765. The van der Waals surface area contributed by atoms with Crippen LogP contribution in [0.3, 0.4) is 0 Å². The Balaban J connectivity index is 1.53. The van der Waals surface area contributed by atoms with Crippen molar-refractivity contribution in [2.75, 3.05) is 13.1 Å². The molecule has 0 bridgehead atoms. The van der Waals surface area contributed by atoms with Gasteiger partial charge in [0.25, 0.3) is 0 Å². The zero-order valence-electron chi connectivity index (χ0n) is 15.7. The van der Waals surface area contributed by atoms with Crippen molar-refractivity contribution >= 4 is 11.8 Å². The van der Waals surface area contributed by atoms with Gasteiger partial charge in [0.2, 0.25) is 11.8 Å². The smallest absolute Gasteiger partial charge is 0.243 e. The molecule has 0 unspecified atom stereocenters. The number of pyridine rings is 1. The number of nitrogens with two attached hydrogens (primary N) is 1. The second-order valence-corrected chi connectivity index (χ2v) is 6.74. The van der Waals surface area contributed by atoms with Crippen LogP contribution >= 0.6 is 0 Å². The molecule has 0 spiro atoms. The molecule has 1 aromatic carbocycles. The third kappa shape index (κ3) is 5.18. The zero-order chi connectivity index (χ0) is 19.8. The van der Waals surface area contributed by atoms with Gasteiger partial charge in [-0.25, -0.2) is 0 Å². The molecule has 1 aliphatic heterocycles. The molecule has 6 nitrogen and oxygen atoms in total. The number of benzene rings is 1. The highest BCUT2D eigenvalue weighted by molar-refractivity contribution is 5.90. The lowest BCUT2D eigenvalue weighted by Gasteiger charge is -2.26. The van der Waals surface area contributed by atoms with E-state index in [0.717, 1.165) is 17.5 Å². The highest BCUT2D eigenvalue weighted by Gasteiger charge is 2.35. The zero-order valence-corrected chi connectivity index (χ0v) is 15.7. The number of hydrogen-bond acceptors (Lipinski definition) is 4. The van der Waals surface area contributed by atoms with E-state index in [1.54, 1.807) is 29.4 Å². The topological polar surface area (TPSA) is 88.3 Å². The summed E-state index contributed by atoms with van der Waals surface area (Å²) in [5.41, 5.74) is 7.98. The van der Waals surface area contributed by atoms with Gasteiger partial charge in [0.1, 0.15) is 6.04 Å². The first-order valence-corrected chi connectivity index (χ1v) is 9.42. The summed E-state index contributed by atoms with van der Waals surface area (Å²) in [4.78, 5) is 30.8. The summed E-state index contributed by atoms with van der Waals surface area (Å²) in [7, 11) is 0. The van der Waals surface area contributed by atoms with Crippen molar-refractivity contribution in [2.24, 2.45) is 5.73 Å². The van der Waals surface area contributed by atoms with Crippen molar-refractivity contribution in [2.45, 2.75) is 31.3 Å². The van der Waals surface area contributed by atoms with Crippen LogP contribution in [-0.2, 0) is 16.0 Å². The van der Waals surface area contributed by atoms with E-state index in [2.05, 4.69) is 22.1 Å². The fraction of sp³-hybridized carbons (Fsp3) is 0.318. The molecule has 2 atom stereocenters. The number of carbonyl (C=O) groups excluding carboxylic acids is 2. The molecule has 2 aromatic rings. The van der Waals surface area contributed by atoms with E-state index in [9.17, 15) is 9.59 Å². The molecule has 6 heteroatoms. The van der Waals surface area contributed by atoms with Crippen molar-refractivity contribution in [3.8, 4) is 11.8 Å². The van der Waals surface area contributed by atoms with Gasteiger partial charge in [-0.15, -0.1) is 0 Å². The van der Waals surface area contributed by atoms with Crippen molar-refractivity contribution < 1.29 is 9.59 Å². The maximum absolute atomic E-state index is 12.8. The predicted octanol–water partition coefficient (Wildman–Crippen LogP) is 1.11. The monoisotopic (exact) mass is 376 g/mol. The third-order valence-corrected chi connectivity index (χ3v) is 4.72. The van der Waals surface area contributed by atoms with Gasteiger partial charge in [-0.1, -0.05) is 42.2 Å².